The molecule has 0 spiro atoms. The van der Waals surface area contributed by atoms with E-state index in [0.29, 0.717) is 12.1 Å². The van der Waals surface area contributed by atoms with E-state index in [4.69, 9.17) is 11.5 Å². The maximum absolute atomic E-state index is 6.46. The van der Waals surface area contributed by atoms with Gasteiger partial charge in [-0.3, -0.25) is 0 Å². The molecule has 0 aliphatic heterocycles. The Labute approximate surface area is 219 Å². The minimum atomic E-state index is 0.499. The minimum Gasteiger partial charge on any atom is -0.399 e. The molecule has 0 saturated heterocycles. The monoisotopic (exact) mass is 487 g/mol. The normalized spacial score (nSPS) is 13.1. The van der Waals surface area contributed by atoms with E-state index in [1.54, 1.807) is 0 Å². The molecule has 0 aliphatic rings. The van der Waals surface area contributed by atoms with Gasteiger partial charge in [0.25, 0.3) is 0 Å². The predicted molar refractivity (Wildman–Crippen MR) is 160 cm³/mol. The highest BCUT2D eigenvalue weighted by molar-refractivity contribution is 5.72. The molecule has 4 N–H and O–H groups in total. The highest BCUT2D eigenvalue weighted by Gasteiger charge is 2.22. The van der Waals surface area contributed by atoms with Gasteiger partial charge in [0, 0.05) is 17.8 Å². The average Bonchev–Trinajstić information content (AvgIpc) is 2.83. The van der Waals surface area contributed by atoms with E-state index in [2.05, 4.69) is 38.7 Å². The summed E-state index contributed by atoms with van der Waals surface area (Å²) in [6, 6.07) is 7.08. The van der Waals surface area contributed by atoms with Gasteiger partial charge in [0.1, 0.15) is 0 Å². The largest absolute Gasteiger partial charge is 0.399 e. The van der Waals surface area contributed by atoms with Crippen molar-refractivity contribution < 1.29 is 0 Å². The first-order valence-corrected chi connectivity index (χ1v) is 15.4. The van der Waals surface area contributed by atoms with Gasteiger partial charge in [0.2, 0.25) is 0 Å². The Morgan fingerprint density at radius 2 is 0.943 bits per heavy atom. The summed E-state index contributed by atoms with van der Waals surface area (Å²) >= 11 is 0. The quantitative estimate of drug-likeness (QED) is 0.119. The molecule has 0 amide bonds. The lowest BCUT2D eigenvalue weighted by molar-refractivity contribution is 0.459. The number of nitrogen functional groups attached to an aromatic ring is 2. The number of rotatable bonds is 23. The van der Waals surface area contributed by atoms with E-state index >= 15 is 0 Å². The second-order valence-corrected chi connectivity index (χ2v) is 11.2. The molecule has 204 valence electrons. The molecule has 0 radical (unpaired) electrons. The Bertz CT molecular complexity index is 587. The van der Waals surface area contributed by atoms with Gasteiger partial charge in [-0.05, 0) is 44.9 Å². The first-order chi connectivity index (χ1) is 17.0. The van der Waals surface area contributed by atoms with Crippen molar-refractivity contribution in [1.29, 1.82) is 0 Å². The van der Waals surface area contributed by atoms with Crippen molar-refractivity contribution in [3.05, 3.63) is 18.2 Å². The van der Waals surface area contributed by atoms with Gasteiger partial charge in [-0.1, -0.05) is 129 Å². The van der Waals surface area contributed by atoms with E-state index in [0.717, 1.165) is 11.4 Å². The van der Waals surface area contributed by atoms with Crippen LogP contribution in [0.15, 0.2) is 18.2 Å². The van der Waals surface area contributed by atoms with Crippen molar-refractivity contribution in [2.45, 2.75) is 168 Å². The molecule has 0 aliphatic carbocycles. The number of benzene rings is 1. The molecule has 0 fully saturated rings. The third kappa shape index (κ3) is 14.7. The van der Waals surface area contributed by atoms with Gasteiger partial charge in [-0.2, -0.15) is 0 Å². The summed E-state index contributed by atoms with van der Waals surface area (Å²) in [5.74, 6) is 0. The predicted octanol–water partition coefficient (Wildman–Crippen LogP) is 10.3. The van der Waals surface area contributed by atoms with E-state index in [9.17, 15) is 0 Å². The van der Waals surface area contributed by atoms with E-state index in [1.807, 2.05) is 12.1 Å². The second kappa shape index (κ2) is 20.8. The Balaban J connectivity index is 2.46. The topological polar surface area (TPSA) is 55.3 Å². The summed E-state index contributed by atoms with van der Waals surface area (Å²) in [5.41, 5.74) is 15.2. The zero-order valence-corrected chi connectivity index (χ0v) is 24.1. The molecule has 3 heteroatoms. The van der Waals surface area contributed by atoms with Crippen molar-refractivity contribution in [1.82, 2.24) is 0 Å². The molecule has 0 bridgehead atoms. The lowest BCUT2D eigenvalue weighted by Gasteiger charge is -2.38. The first kappa shape index (κ1) is 31.6. The lowest BCUT2D eigenvalue weighted by atomic mass is 9.99. The van der Waals surface area contributed by atoms with Crippen molar-refractivity contribution in [3.63, 3.8) is 0 Å². The molecule has 2 atom stereocenters. The third-order valence-corrected chi connectivity index (χ3v) is 7.73. The number of hydrogen-bond donors (Lipinski definition) is 2. The SMILES string of the molecule is CCCCCCCCCCCC(C)N(c1ccc(N)cc1N)C(C)CCCCCCCCCCC. The van der Waals surface area contributed by atoms with Gasteiger partial charge in [-0.25, -0.2) is 0 Å². The third-order valence-electron chi connectivity index (χ3n) is 7.73. The van der Waals surface area contributed by atoms with Crippen LogP contribution in [-0.4, -0.2) is 12.1 Å². The summed E-state index contributed by atoms with van der Waals surface area (Å²) in [7, 11) is 0. The molecule has 35 heavy (non-hydrogen) atoms. The number of hydrogen-bond acceptors (Lipinski definition) is 3. The van der Waals surface area contributed by atoms with E-state index in [1.165, 1.54) is 134 Å². The zero-order valence-electron chi connectivity index (χ0n) is 24.1. The Morgan fingerprint density at radius 1 is 0.571 bits per heavy atom. The number of nitrogens with zero attached hydrogens (tertiary/aromatic N) is 1. The summed E-state index contributed by atoms with van der Waals surface area (Å²) in [6.45, 7) is 9.38. The van der Waals surface area contributed by atoms with Crippen LogP contribution in [0, 0.1) is 0 Å². The van der Waals surface area contributed by atoms with Crippen LogP contribution in [0.2, 0.25) is 0 Å². The maximum Gasteiger partial charge on any atom is 0.0606 e. The molecule has 0 saturated carbocycles. The lowest BCUT2D eigenvalue weighted by Crippen LogP contribution is -2.41. The fraction of sp³-hybridized carbons (Fsp3) is 0.812. The fourth-order valence-corrected chi connectivity index (χ4v) is 5.50. The summed E-state index contributed by atoms with van der Waals surface area (Å²) in [4.78, 5) is 2.60. The molecule has 1 rings (SSSR count). The molecule has 1 aromatic rings. The van der Waals surface area contributed by atoms with Gasteiger partial charge in [0.15, 0.2) is 0 Å². The Hall–Kier alpha value is -1.38. The van der Waals surface area contributed by atoms with Gasteiger partial charge in [-0.15, -0.1) is 0 Å². The summed E-state index contributed by atoms with van der Waals surface area (Å²) in [5, 5.41) is 0. The summed E-state index contributed by atoms with van der Waals surface area (Å²) < 4.78 is 0. The van der Waals surface area contributed by atoms with Crippen LogP contribution in [0.25, 0.3) is 0 Å². The fourth-order valence-electron chi connectivity index (χ4n) is 5.50. The van der Waals surface area contributed by atoms with Crippen LogP contribution in [0.3, 0.4) is 0 Å². The average molecular weight is 488 g/mol. The van der Waals surface area contributed by atoms with E-state index in [-0.39, 0.29) is 0 Å². The van der Waals surface area contributed by atoms with Crippen LogP contribution in [0.4, 0.5) is 17.1 Å². The molecule has 3 nitrogen and oxygen atoms in total. The molecular formula is C32H61N3. The van der Waals surface area contributed by atoms with Crippen molar-refractivity contribution in [3.8, 4) is 0 Å². The molecule has 1 aromatic carbocycles. The van der Waals surface area contributed by atoms with Crippen molar-refractivity contribution in [2.75, 3.05) is 16.4 Å². The van der Waals surface area contributed by atoms with Gasteiger partial charge < -0.3 is 16.4 Å². The maximum atomic E-state index is 6.46. The molecule has 0 heterocycles. The highest BCUT2D eigenvalue weighted by Crippen LogP contribution is 2.32. The minimum absolute atomic E-state index is 0.499. The zero-order chi connectivity index (χ0) is 25.7. The van der Waals surface area contributed by atoms with Crippen LogP contribution < -0.4 is 16.4 Å². The van der Waals surface area contributed by atoms with Crippen LogP contribution in [0.5, 0.6) is 0 Å². The Kier molecular flexibility index (Phi) is 18.8. The van der Waals surface area contributed by atoms with Crippen LogP contribution >= 0.6 is 0 Å². The van der Waals surface area contributed by atoms with Crippen molar-refractivity contribution >= 4 is 17.1 Å². The smallest absolute Gasteiger partial charge is 0.0606 e. The highest BCUT2D eigenvalue weighted by atomic mass is 15.2. The summed E-state index contributed by atoms with van der Waals surface area (Å²) in [6.07, 6.45) is 27.4. The molecule has 0 aromatic heterocycles. The second-order valence-electron chi connectivity index (χ2n) is 11.2. The van der Waals surface area contributed by atoms with Crippen LogP contribution in [0.1, 0.15) is 156 Å². The number of nitrogens with two attached hydrogens (primary N) is 2. The van der Waals surface area contributed by atoms with Crippen molar-refractivity contribution in [2.24, 2.45) is 0 Å². The van der Waals surface area contributed by atoms with Gasteiger partial charge >= 0.3 is 0 Å². The first-order valence-electron chi connectivity index (χ1n) is 15.4. The standard InChI is InChI=1S/C32H61N3/c1-5-7-9-11-13-15-17-19-21-23-28(3)35(32-26-25-30(33)27-31(32)34)29(4)24-22-20-18-16-14-12-10-8-6-2/h25-29H,5-24,33-34H2,1-4H3. The van der Waals surface area contributed by atoms with E-state index < -0.39 is 0 Å². The van der Waals surface area contributed by atoms with Crippen LogP contribution in [-0.2, 0) is 0 Å². The van der Waals surface area contributed by atoms with Gasteiger partial charge in [0.05, 0.1) is 11.4 Å². The Morgan fingerprint density at radius 3 is 1.31 bits per heavy atom. The number of anilines is 3. The molecule has 2 unspecified atom stereocenters. The number of unbranched alkanes of at least 4 members (excludes halogenated alkanes) is 16. The molecular weight excluding hydrogens is 426 g/mol.